The van der Waals surface area contributed by atoms with Gasteiger partial charge in [0.05, 0.1) is 67.6 Å². The number of hydrogen-bond donors (Lipinski definition) is 2. The van der Waals surface area contributed by atoms with Crippen molar-refractivity contribution >= 4 is 40.6 Å². The Hall–Kier alpha value is -6.13. The topological polar surface area (TPSA) is 153 Å². The molecule has 0 spiro atoms. The minimum atomic E-state index is -4.66. The highest BCUT2D eigenvalue weighted by atomic mass is 35.5. The van der Waals surface area contributed by atoms with Crippen LogP contribution in [0.15, 0.2) is 73.3 Å². The van der Waals surface area contributed by atoms with E-state index in [4.69, 9.17) is 31.5 Å². The lowest BCUT2D eigenvalue weighted by atomic mass is 10.1. The summed E-state index contributed by atoms with van der Waals surface area (Å²) < 4.78 is 85.5. The van der Waals surface area contributed by atoms with Crippen LogP contribution in [-0.2, 0) is 15.7 Å². The van der Waals surface area contributed by atoms with Gasteiger partial charge < -0.3 is 35.1 Å². The lowest BCUT2D eigenvalue weighted by Gasteiger charge is -2.43. The zero-order valence-corrected chi connectivity index (χ0v) is 36.8. The highest BCUT2D eigenvalue weighted by Crippen LogP contribution is 2.36. The van der Waals surface area contributed by atoms with Crippen LogP contribution in [0.2, 0.25) is 5.02 Å². The quantitative estimate of drug-likeness (QED) is 0.149. The molecule has 22 heteroatoms. The van der Waals surface area contributed by atoms with E-state index in [0.29, 0.717) is 41.0 Å². The van der Waals surface area contributed by atoms with Gasteiger partial charge in [-0.05, 0) is 61.0 Å². The normalized spacial score (nSPS) is 17.5. The number of nitrogen functional groups attached to an aromatic ring is 1. The molecule has 6 aromatic rings. The molecule has 4 aliphatic rings. The number of ether oxygens (including phenoxy) is 3. The molecule has 0 saturated carbocycles. The molecule has 10 rings (SSSR count). The number of anilines is 5. The highest BCUT2D eigenvalue weighted by molar-refractivity contribution is 6.30. The zero-order chi connectivity index (χ0) is 46.1. The van der Waals surface area contributed by atoms with Crippen LogP contribution in [0.25, 0.3) is 22.8 Å². The summed E-state index contributed by atoms with van der Waals surface area (Å²) in [6, 6.07) is 15.7. The Morgan fingerprint density at radius 3 is 2.02 bits per heavy atom. The summed E-state index contributed by atoms with van der Waals surface area (Å²) in [4.78, 5) is 22.5. The molecule has 4 fully saturated rings. The van der Waals surface area contributed by atoms with Gasteiger partial charge in [0.25, 0.3) is 0 Å². The zero-order valence-electron chi connectivity index (χ0n) is 36.1. The number of aromatic nitrogens is 7. The lowest BCUT2D eigenvalue weighted by molar-refractivity contribution is -0.137. The van der Waals surface area contributed by atoms with Crippen molar-refractivity contribution in [1.29, 1.82) is 0 Å². The number of piperazine rings is 2. The molecule has 348 valence electrons. The number of methoxy groups -OCH3 is 1. The van der Waals surface area contributed by atoms with Crippen LogP contribution < -0.4 is 25.6 Å². The fourth-order valence-electron chi connectivity index (χ4n) is 8.20. The van der Waals surface area contributed by atoms with Crippen LogP contribution >= 0.6 is 11.6 Å². The predicted octanol–water partition coefficient (Wildman–Crippen LogP) is 6.23. The average molecular weight is 936 g/mol. The second-order valence-corrected chi connectivity index (χ2v) is 16.8. The molecule has 66 heavy (non-hydrogen) atoms. The van der Waals surface area contributed by atoms with Crippen LogP contribution in [0.4, 0.5) is 50.9 Å². The Morgan fingerprint density at radius 1 is 0.742 bits per heavy atom. The summed E-state index contributed by atoms with van der Waals surface area (Å²) in [5.74, 6) is 0.563. The third-order valence-corrected chi connectivity index (χ3v) is 12.3. The van der Waals surface area contributed by atoms with E-state index in [-0.39, 0.29) is 22.5 Å². The Labute approximate surface area is 381 Å². The average Bonchev–Trinajstić information content (AvgIpc) is 3.94. The number of nitrogens with one attached hydrogen (secondary N) is 1. The Morgan fingerprint density at radius 2 is 1.39 bits per heavy atom. The fourth-order valence-corrected chi connectivity index (χ4v) is 8.31. The second kappa shape index (κ2) is 19.0. The molecule has 4 saturated heterocycles. The molecule has 0 atom stereocenters. The molecular formula is C44H47ClF5N13O3. The van der Waals surface area contributed by atoms with Crippen molar-refractivity contribution in [3.63, 3.8) is 0 Å². The minimum Gasteiger partial charge on any atom is -0.496 e. The number of rotatable bonds is 10. The van der Waals surface area contributed by atoms with Crippen molar-refractivity contribution in [2.75, 3.05) is 107 Å². The van der Waals surface area contributed by atoms with Gasteiger partial charge in [0.15, 0.2) is 5.82 Å². The van der Waals surface area contributed by atoms with Gasteiger partial charge in [0.2, 0.25) is 5.95 Å². The summed E-state index contributed by atoms with van der Waals surface area (Å²) in [6.07, 6.45) is -1.93. The van der Waals surface area contributed by atoms with Crippen molar-refractivity contribution < 1.29 is 36.2 Å². The smallest absolute Gasteiger partial charge is 0.416 e. The first-order valence-corrected chi connectivity index (χ1v) is 21.7. The molecule has 0 unspecified atom stereocenters. The van der Waals surface area contributed by atoms with Gasteiger partial charge in [0, 0.05) is 75.9 Å². The highest BCUT2D eigenvalue weighted by Gasteiger charge is 2.33. The van der Waals surface area contributed by atoms with Crippen LogP contribution in [0.3, 0.4) is 0 Å². The standard InChI is InChI=1S/C23H24F4N6O.C21H23ClFN7O2/c1-15-6-18(11-19(7-15)31-2-4-32(5-3-31)21-12-34-13-21)29-22-28-14-33(30-22)20-9-16(23(25,26)27)8-17(24)10-20;1-31-17-9-18(29-6-4-28(5-7-29)14-10-32-11-14)26-20(24)19(17)21-25-12-30(27-21)13-2-3-15(22)16(23)8-13/h6-11,14,21H,2-5,12-13H2,1H3,(H,29,30);2-3,8-9,12,14H,4-7,10-11H2,1H3,(H2,24,26). The van der Waals surface area contributed by atoms with Gasteiger partial charge >= 0.3 is 6.18 Å². The molecular weight excluding hydrogens is 889 g/mol. The molecule has 0 radical (unpaired) electrons. The fraction of sp³-hybridized carbons (Fsp3) is 0.386. The molecule has 7 heterocycles. The molecule has 0 aliphatic carbocycles. The van der Waals surface area contributed by atoms with Crippen LogP contribution in [0, 0.1) is 18.6 Å². The number of benzene rings is 3. The Balaban J connectivity index is 0.000000166. The maximum absolute atomic E-state index is 13.8. The van der Waals surface area contributed by atoms with Crippen molar-refractivity contribution in [2.45, 2.75) is 25.2 Å². The van der Waals surface area contributed by atoms with E-state index in [1.54, 1.807) is 13.2 Å². The summed E-state index contributed by atoms with van der Waals surface area (Å²) >= 11 is 5.77. The van der Waals surface area contributed by atoms with E-state index in [0.717, 1.165) is 118 Å². The van der Waals surface area contributed by atoms with E-state index < -0.39 is 23.4 Å². The van der Waals surface area contributed by atoms with E-state index in [1.165, 1.54) is 29.5 Å². The van der Waals surface area contributed by atoms with Crippen molar-refractivity contribution in [3.8, 4) is 28.5 Å². The number of nitrogens with two attached hydrogens (primary N) is 1. The predicted molar refractivity (Wildman–Crippen MR) is 238 cm³/mol. The van der Waals surface area contributed by atoms with Crippen LogP contribution in [0.1, 0.15) is 11.1 Å². The molecule has 3 aromatic heterocycles. The molecule has 0 bridgehead atoms. The minimum absolute atomic E-state index is 0.0432. The van der Waals surface area contributed by atoms with Gasteiger partial charge in [-0.3, -0.25) is 9.80 Å². The van der Waals surface area contributed by atoms with Crippen LogP contribution in [-0.4, -0.2) is 142 Å². The largest absolute Gasteiger partial charge is 0.496 e. The van der Waals surface area contributed by atoms with E-state index in [9.17, 15) is 22.0 Å². The molecule has 16 nitrogen and oxygen atoms in total. The van der Waals surface area contributed by atoms with E-state index in [1.807, 2.05) is 25.1 Å². The van der Waals surface area contributed by atoms with Gasteiger partial charge in [-0.2, -0.15) is 18.2 Å². The number of aryl methyl sites for hydroxylation is 1. The summed E-state index contributed by atoms with van der Waals surface area (Å²) in [5, 5.41) is 11.8. The number of alkyl halides is 3. The van der Waals surface area contributed by atoms with Crippen LogP contribution in [0.5, 0.6) is 5.75 Å². The van der Waals surface area contributed by atoms with Gasteiger partial charge in [-0.1, -0.05) is 11.6 Å². The SMILES string of the molecule is COc1cc(N2CCN(C3COC3)CC2)nc(N)c1-c1ncn(-c2ccc(Cl)c(F)c2)n1.Cc1cc(Nc2ncn(-c3cc(F)cc(C(F)(F)F)c3)n2)cc(N2CCN(C3COC3)CC2)c1. The third-order valence-electron chi connectivity index (χ3n) is 12.0. The van der Waals surface area contributed by atoms with Gasteiger partial charge in [0.1, 0.15) is 47.2 Å². The Kier molecular flexibility index (Phi) is 13.0. The van der Waals surface area contributed by atoms with Gasteiger partial charge in [-0.15, -0.1) is 10.2 Å². The molecule has 0 amide bonds. The first-order valence-electron chi connectivity index (χ1n) is 21.3. The van der Waals surface area contributed by atoms with Gasteiger partial charge in [-0.25, -0.2) is 28.1 Å². The Bertz CT molecular complexity index is 2660. The monoisotopic (exact) mass is 935 g/mol. The van der Waals surface area contributed by atoms with Crippen molar-refractivity contribution in [2.24, 2.45) is 0 Å². The summed E-state index contributed by atoms with van der Waals surface area (Å²) in [5.41, 5.74) is 9.05. The number of nitrogens with zero attached hydrogens (tertiary/aromatic N) is 11. The molecule has 3 aromatic carbocycles. The maximum atomic E-state index is 13.8. The lowest BCUT2D eigenvalue weighted by Crippen LogP contribution is -2.56. The summed E-state index contributed by atoms with van der Waals surface area (Å²) in [7, 11) is 1.57. The van der Waals surface area contributed by atoms with E-state index >= 15 is 0 Å². The summed E-state index contributed by atoms with van der Waals surface area (Å²) in [6.45, 7) is 12.6. The van der Waals surface area contributed by atoms with E-state index in [2.05, 4.69) is 56.1 Å². The molecule has 3 N–H and O–H groups in total. The maximum Gasteiger partial charge on any atom is 0.416 e. The first kappa shape index (κ1) is 45.0. The third kappa shape index (κ3) is 9.99. The number of halogens is 6. The second-order valence-electron chi connectivity index (χ2n) is 16.4. The molecule has 4 aliphatic heterocycles. The number of pyridine rings is 1. The first-order chi connectivity index (χ1) is 31.8. The van der Waals surface area contributed by atoms with Crippen molar-refractivity contribution in [3.05, 3.63) is 101 Å². The van der Waals surface area contributed by atoms with Crippen molar-refractivity contribution in [1.82, 2.24) is 44.3 Å². The number of hydrogen-bond acceptors (Lipinski definition) is 14.